The van der Waals surface area contributed by atoms with Crippen molar-refractivity contribution in [2.24, 2.45) is 0 Å². The summed E-state index contributed by atoms with van der Waals surface area (Å²) in [5.41, 5.74) is 0. The second-order valence-electron chi connectivity index (χ2n) is 2.07. The lowest BCUT2D eigenvalue weighted by Crippen LogP contribution is -2.75. The highest BCUT2D eigenvalue weighted by molar-refractivity contribution is 6.05. The number of hydrogen-bond acceptors (Lipinski definition) is 5. The number of rotatable bonds is 0. The largest absolute Gasteiger partial charge is 0.557 e. The molecule has 2 heterocycles. The quantitative estimate of drug-likeness (QED) is 0.381. The zero-order valence-corrected chi connectivity index (χ0v) is 5.20. The van der Waals surface area contributed by atoms with Gasteiger partial charge < -0.3 is 4.74 Å². The van der Waals surface area contributed by atoms with Crippen molar-refractivity contribution in [1.82, 2.24) is 0 Å². The molecular formula is C5H2NO5+. The van der Waals surface area contributed by atoms with Gasteiger partial charge in [-0.05, 0) is 0 Å². The molecule has 0 N–H and O–H groups in total. The highest BCUT2D eigenvalue weighted by Gasteiger charge is 2.79. The van der Waals surface area contributed by atoms with Gasteiger partial charge in [-0.1, -0.05) is 0 Å². The van der Waals surface area contributed by atoms with Gasteiger partial charge in [-0.2, -0.15) is 14.4 Å². The molecule has 11 heavy (non-hydrogen) atoms. The van der Waals surface area contributed by atoms with Crippen molar-refractivity contribution in [2.75, 3.05) is 0 Å². The Morgan fingerprint density at radius 3 is 1.64 bits per heavy atom. The molecule has 0 bridgehead atoms. The molecule has 0 radical (unpaired) electrons. The van der Waals surface area contributed by atoms with Crippen LogP contribution in [0.3, 0.4) is 0 Å². The van der Waals surface area contributed by atoms with Gasteiger partial charge in [0.05, 0.1) is 0 Å². The number of carbonyl (C=O) groups excluding carboxylic acids is 3. The molecule has 2 aliphatic heterocycles. The number of quaternary nitrogens is 1. The van der Waals surface area contributed by atoms with Gasteiger partial charge in [-0.25, -0.2) is 0 Å². The van der Waals surface area contributed by atoms with Crippen LogP contribution in [0, 0.1) is 0 Å². The zero-order valence-electron chi connectivity index (χ0n) is 5.20. The van der Waals surface area contributed by atoms with Gasteiger partial charge in [0.2, 0.25) is 0 Å². The van der Waals surface area contributed by atoms with Crippen LogP contribution >= 0.6 is 0 Å². The smallest absolute Gasteiger partial charge is 0.329 e. The maximum atomic E-state index is 10.6. The first-order valence-corrected chi connectivity index (χ1v) is 2.68. The number of imide groups is 3. The Morgan fingerprint density at radius 1 is 1.00 bits per heavy atom. The van der Waals surface area contributed by atoms with E-state index < -0.39 is 22.8 Å². The molecule has 0 aromatic heterocycles. The third-order valence-corrected chi connectivity index (χ3v) is 1.58. The molecule has 2 rings (SSSR count). The number of hydrogen-bond donors (Lipinski definition) is 0. The van der Waals surface area contributed by atoms with Crippen LogP contribution in [0.25, 0.3) is 0 Å². The first-order chi connectivity index (χ1) is 5.10. The molecule has 3 amide bonds. The Morgan fingerprint density at radius 2 is 1.45 bits per heavy atom. The number of carbonyl (C=O) groups is 3. The first-order valence-electron chi connectivity index (χ1n) is 2.68. The molecule has 2 fully saturated rings. The van der Waals surface area contributed by atoms with Gasteiger partial charge in [0.1, 0.15) is 0 Å². The fraction of sp³-hybridized carbons (Fsp3) is 0. The minimum atomic E-state index is -1.11. The van der Waals surface area contributed by atoms with Crippen LogP contribution in [-0.2, 0) is 9.47 Å². The lowest BCUT2D eigenvalue weighted by atomic mass is 10.4. The minimum Gasteiger partial charge on any atom is -0.329 e. The second-order valence-corrected chi connectivity index (χ2v) is 2.07. The molecule has 0 unspecified atom stereocenters. The van der Waals surface area contributed by atoms with Crippen molar-refractivity contribution < 1.29 is 28.3 Å². The van der Waals surface area contributed by atoms with Crippen molar-refractivity contribution in [3.05, 3.63) is 12.5 Å². The number of ether oxygens (including phenoxy) is 2. The van der Waals surface area contributed by atoms with Crippen LogP contribution in [0.1, 0.15) is 0 Å². The standard InChI is InChI=1S/C5H2NO5/c1-2-6(3(7)10-2)4(8)11-5(6)9/h1H2/q+1. The summed E-state index contributed by atoms with van der Waals surface area (Å²) in [6.07, 6.45) is -2.84. The van der Waals surface area contributed by atoms with E-state index in [2.05, 4.69) is 16.1 Å². The predicted octanol–water partition coefficient (Wildman–Crippen LogP) is 0.695. The lowest BCUT2D eigenvalue weighted by molar-refractivity contribution is -0.764. The van der Waals surface area contributed by atoms with Crippen molar-refractivity contribution in [2.45, 2.75) is 0 Å². The maximum absolute atomic E-state index is 10.6. The average molecular weight is 156 g/mol. The lowest BCUT2D eigenvalue weighted by Gasteiger charge is -2.36. The van der Waals surface area contributed by atoms with E-state index in [1.165, 1.54) is 0 Å². The van der Waals surface area contributed by atoms with Gasteiger partial charge in [0.25, 0.3) is 0 Å². The number of cyclic esters (lactones) is 3. The molecule has 0 aromatic rings. The summed E-state index contributed by atoms with van der Waals surface area (Å²) < 4.78 is 7.11. The van der Waals surface area contributed by atoms with E-state index in [1.807, 2.05) is 0 Å². The van der Waals surface area contributed by atoms with Crippen LogP contribution in [0.5, 0.6) is 0 Å². The Hall–Kier alpha value is -1.69. The van der Waals surface area contributed by atoms with Crippen molar-refractivity contribution in [3.63, 3.8) is 0 Å². The van der Waals surface area contributed by atoms with Gasteiger partial charge >= 0.3 is 24.2 Å². The fourth-order valence-corrected chi connectivity index (χ4v) is 0.900. The van der Waals surface area contributed by atoms with Crippen molar-refractivity contribution in [1.29, 1.82) is 0 Å². The van der Waals surface area contributed by atoms with Crippen molar-refractivity contribution in [3.8, 4) is 0 Å². The molecule has 6 heteroatoms. The fourth-order valence-electron chi connectivity index (χ4n) is 0.900. The van der Waals surface area contributed by atoms with E-state index in [4.69, 9.17) is 0 Å². The summed E-state index contributed by atoms with van der Waals surface area (Å²) in [4.78, 5) is 31.9. The van der Waals surface area contributed by atoms with Crippen LogP contribution < -0.4 is 0 Å². The molecule has 0 saturated carbocycles. The molecule has 6 nitrogen and oxygen atoms in total. The zero-order chi connectivity index (χ0) is 8.22. The average Bonchev–Trinajstić information content (AvgIpc) is 1.86. The van der Waals surface area contributed by atoms with E-state index in [9.17, 15) is 14.4 Å². The minimum absolute atomic E-state index is 0.198. The third kappa shape index (κ3) is 0.360. The van der Waals surface area contributed by atoms with Crippen LogP contribution in [0.2, 0.25) is 0 Å². The molecule has 56 valence electrons. The summed E-state index contributed by atoms with van der Waals surface area (Å²) in [5.74, 6) is -0.198. The highest BCUT2D eigenvalue weighted by atomic mass is 16.7. The van der Waals surface area contributed by atoms with E-state index >= 15 is 0 Å². The summed E-state index contributed by atoms with van der Waals surface area (Å²) in [5, 5.41) is 0. The molecular weight excluding hydrogens is 154 g/mol. The number of nitrogens with zero attached hydrogens (tertiary/aromatic N) is 1. The van der Waals surface area contributed by atoms with E-state index in [0.717, 1.165) is 0 Å². The van der Waals surface area contributed by atoms with E-state index in [0.29, 0.717) is 0 Å². The normalized spacial score (nSPS) is 25.5. The summed E-state index contributed by atoms with van der Waals surface area (Å²) in [6, 6.07) is 0. The number of amides is 3. The van der Waals surface area contributed by atoms with Gasteiger partial charge in [0, 0.05) is 11.1 Å². The topological polar surface area (TPSA) is 69.7 Å². The molecule has 2 aliphatic rings. The third-order valence-electron chi connectivity index (χ3n) is 1.58. The summed E-state index contributed by atoms with van der Waals surface area (Å²) in [6.45, 7) is 3.19. The molecule has 0 atom stereocenters. The first kappa shape index (κ1) is 6.05. The SMILES string of the molecule is C=C1OC(=O)[N+]12C(=O)OC2=O. The Balaban J connectivity index is 2.49. The summed E-state index contributed by atoms with van der Waals surface area (Å²) >= 11 is 0. The molecule has 0 aliphatic carbocycles. The van der Waals surface area contributed by atoms with Gasteiger partial charge in [0.15, 0.2) is 0 Å². The van der Waals surface area contributed by atoms with Crippen molar-refractivity contribution >= 4 is 18.3 Å². The van der Waals surface area contributed by atoms with Gasteiger partial charge in [-0.15, -0.1) is 0 Å². The Kier molecular flexibility index (Phi) is 0.728. The van der Waals surface area contributed by atoms with Crippen LogP contribution in [-0.4, -0.2) is 22.8 Å². The highest BCUT2D eigenvalue weighted by Crippen LogP contribution is 2.39. The molecule has 0 aromatic carbocycles. The molecule has 2 saturated heterocycles. The molecule has 1 spiro atoms. The predicted molar refractivity (Wildman–Crippen MR) is 27.8 cm³/mol. The second kappa shape index (κ2) is 1.32. The van der Waals surface area contributed by atoms with Crippen LogP contribution in [0.4, 0.5) is 14.4 Å². The monoisotopic (exact) mass is 156 g/mol. The van der Waals surface area contributed by atoms with E-state index in [-0.39, 0.29) is 5.88 Å². The maximum Gasteiger partial charge on any atom is 0.557 e. The van der Waals surface area contributed by atoms with Crippen LogP contribution in [0.15, 0.2) is 12.5 Å². The Labute approximate surface area is 60.2 Å². The van der Waals surface area contributed by atoms with Gasteiger partial charge in [-0.3, -0.25) is 4.74 Å². The summed E-state index contributed by atoms with van der Waals surface area (Å²) in [7, 11) is 0. The van der Waals surface area contributed by atoms with E-state index in [1.54, 1.807) is 0 Å². The Bertz CT molecular complexity index is 253.